The van der Waals surface area contributed by atoms with Crippen LogP contribution in [-0.4, -0.2) is 12.6 Å². The van der Waals surface area contributed by atoms with E-state index in [9.17, 15) is 13.2 Å². The van der Waals surface area contributed by atoms with Gasteiger partial charge in [-0.1, -0.05) is 18.9 Å². The van der Waals surface area contributed by atoms with E-state index in [0.717, 1.165) is 12.5 Å². The Morgan fingerprint density at radius 3 is 2.60 bits per heavy atom. The Bertz CT molecular complexity index is 453. The Kier molecular flexibility index (Phi) is 4.58. The highest BCUT2D eigenvalue weighted by Gasteiger charge is 2.34. The lowest BCUT2D eigenvalue weighted by Gasteiger charge is -2.16. The van der Waals surface area contributed by atoms with Crippen LogP contribution in [0, 0.1) is 5.92 Å². The van der Waals surface area contributed by atoms with Crippen LogP contribution in [0.15, 0.2) is 18.2 Å². The maximum atomic E-state index is 13.1. The van der Waals surface area contributed by atoms with Crippen molar-refractivity contribution in [3.63, 3.8) is 0 Å². The van der Waals surface area contributed by atoms with Gasteiger partial charge in [0.2, 0.25) is 0 Å². The molecule has 1 atom stereocenters. The van der Waals surface area contributed by atoms with Crippen molar-refractivity contribution in [3.8, 4) is 5.75 Å². The molecule has 2 nitrogen and oxygen atoms in total. The molecule has 112 valence electrons. The number of ether oxygens (including phenoxy) is 1. The summed E-state index contributed by atoms with van der Waals surface area (Å²) in [7, 11) is 0. The van der Waals surface area contributed by atoms with Crippen molar-refractivity contribution in [2.45, 2.75) is 44.8 Å². The van der Waals surface area contributed by atoms with Crippen LogP contribution in [0.25, 0.3) is 0 Å². The van der Waals surface area contributed by atoms with Crippen LogP contribution in [-0.2, 0) is 12.6 Å². The van der Waals surface area contributed by atoms with E-state index in [4.69, 9.17) is 10.5 Å². The van der Waals surface area contributed by atoms with Gasteiger partial charge in [0, 0.05) is 6.04 Å². The second-order valence-corrected chi connectivity index (χ2v) is 5.59. The number of rotatable bonds is 6. The summed E-state index contributed by atoms with van der Waals surface area (Å²) in [4.78, 5) is 0. The van der Waals surface area contributed by atoms with Crippen LogP contribution >= 0.6 is 0 Å². The molecule has 1 aromatic rings. The van der Waals surface area contributed by atoms with Gasteiger partial charge in [0.25, 0.3) is 0 Å². The monoisotopic (exact) mass is 287 g/mol. The third-order valence-electron chi connectivity index (χ3n) is 3.39. The van der Waals surface area contributed by atoms with Crippen molar-refractivity contribution in [2.75, 3.05) is 6.61 Å². The molecule has 0 saturated heterocycles. The molecular formula is C15H20F3NO. The molecular weight excluding hydrogens is 267 g/mol. The van der Waals surface area contributed by atoms with Crippen LogP contribution in [0.4, 0.5) is 13.2 Å². The second kappa shape index (κ2) is 6.04. The zero-order chi connectivity index (χ0) is 14.8. The second-order valence-electron chi connectivity index (χ2n) is 5.59. The lowest BCUT2D eigenvalue weighted by atomic mass is 10.0. The van der Waals surface area contributed by atoms with Crippen LogP contribution in [0.5, 0.6) is 5.75 Å². The zero-order valence-corrected chi connectivity index (χ0v) is 11.5. The first-order valence-electron chi connectivity index (χ1n) is 6.95. The van der Waals surface area contributed by atoms with Gasteiger partial charge in [0.15, 0.2) is 0 Å². The Labute approximate surface area is 117 Å². The summed E-state index contributed by atoms with van der Waals surface area (Å²) >= 11 is 0. The fourth-order valence-corrected chi connectivity index (χ4v) is 2.17. The maximum absolute atomic E-state index is 13.1. The Morgan fingerprint density at radius 1 is 1.35 bits per heavy atom. The number of benzene rings is 1. The van der Waals surface area contributed by atoms with Gasteiger partial charge in [-0.3, -0.25) is 0 Å². The highest BCUT2D eigenvalue weighted by Crippen LogP contribution is 2.38. The van der Waals surface area contributed by atoms with E-state index in [1.165, 1.54) is 18.9 Å². The van der Waals surface area contributed by atoms with Crippen molar-refractivity contribution < 1.29 is 17.9 Å². The van der Waals surface area contributed by atoms with E-state index in [-0.39, 0.29) is 11.8 Å². The Hall–Kier alpha value is -1.23. The van der Waals surface area contributed by atoms with Gasteiger partial charge in [-0.15, -0.1) is 0 Å². The molecule has 1 unspecified atom stereocenters. The normalized spacial score (nSPS) is 17.1. The molecule has 0 aromatic heterocycles. The first-order valence-corrected chi connectivity index (χ1v) is 6.95. The van der Waals surface area contributed by atoms with Crippen LogP contribution in [0.3, 0.4) is 0 Å². The van der Waals surface area contributed by atoms with E-state index < -0.39 is 11.7 Å². The predicted molar refractivity (Wildman–Crippen MR) is 71.6 cm³/mol. The van der Waals surface area contributed by atoms with Gasteiger partial charge in [0.1, 0.15) is 5.75 Å². The average molecular weight is 287 g/mol. The molecule has 1 aliphatic rings. The maximum Gasteiger partial charge on any atom is 0.419 e. The molecule has 5 heteroatoms. The summed E-state index contributed by atoms with van der Waals surface area (Å²) in [5.41, 5.74) is 5.51. The lowest BCUT2D eigenvalue weighted by Crippen LogP contribution is -2.18. The summed E-state index contributed by atoms with van der Waals surface area (Å²) < 4.78 is 44.5. The van der Waals surface area contributed by atoms with Gasteiger partial charge < -0.3 is 10.5 Å². The summed E-state index contributed by atoms with van der Waals surface area (Å²) in [5, 5.41) is 0. The fourth-order valence-electron chi connectivity index (χ4n) is 2.17. The fraction of sp³-hybridized carbons (Fsp3) is 0.600. The molecule has 1 saturated carbocycles. The molecule has 0 spiro atoms. The minimum absolute atomic E-state index is 0.0772. The average Bonchev–Trinajstić information content (AvgIpc) is 3.12. The topological polar surface area (TPSA) is 35.2 Å². The Balaban J connectivity index is 2.11. The van der Waals surface area contributed by atoms with Gasteiger partial charge in [-0.05, 0) is 43.4 Å². The molecule has 1 aromatic carbocycles. The summed E-state index contributed by atoms with van der Waals surface area (Å²) in [6, 6.07) is 4.05. The third-order valence-corrected chi connectivity index (χ3v) is 3.39. The van der Waals surface area contributed by atoms with Gasteiger partial charge in [-0.2, -0.15) is 13.2 Å². The Morgan fingerprint density at radius 2 is 2.05 bits per heavy atom. The lowest BCUT2D eigenvalue weighted by molar-refractivity contribution is -0.139. The molecule has 0 heterocycles. The molecule has 2 N–H and O–H groups in total. The van der Waals surface area contributed by atoms with E-state index in [1.807, 2.05) is 0 Å². The molecule has 20 heavy (non-hydrogen) atoms. The van der Waals surface area contributed by atoms with Crippen LogP contribution < -0.4 is 10.5 Å². The number of nitrogens with two attached hydrogens (primary N) is 1. The van der Waals surface area contributed by atoms with Gasteiger partial charge in [-0.25, -0.2) is 0 Å². The summed E-state index contributed by atoms with van der Waals surface area (Å²) in [6.07, 6.45) is -0.807. The number of hydrogen-bond acceptors (Lipinski definition) is 2. The molecule has 0 aliphatic heterocycles. The highest BCUT2D eigenvalue weighted by molar-refractivity contribution is 5.39. The van der Waals surface area contributed by atoms with E-state index >= 15 is 0 Å². The van der Waals surface area contributed by atoms with Crippen molar-refractivity contribution in [3.05, 3.63) is 29.3 Å². The van der Waals surface area contributed by atoms with E-state index in [2.05, 4.69) is 0 Å². The van der Waals surface area contributed by atoms with Gasteiger partial charge >= 0.3 is 6.18 Å². The van der Waals surface area contributed by atoms with Crippen molar-refractivity contribution >= 4 is 0 Å². The SMILES string of the molecule is CC(N)Cc1ccc(OCCC2CC2)c(C(F)(F)F)c1. The number of hydrogen-bond donors (Lipinski definition) is 1. The van der Waals surface area contributed by atoms with Crippen LogP contribution in [0.1, 0.15) is 37.3 Å². The standard InChI is InChI=1S/C15H20F3NO/c1-10(19)8-12-4-5-14(13(9-12)15(16,17)18)20-7-6-11-2-3-11/h4-5,9-11H,2-3,6-8,19H2,1H3. The molecule has 0 amide bonds. The van der Waals surface area contributed by atoms with Gasteiger partial charge in [0.05, 0.1) is 12.2 Å². The molecule has 1 fully saturated rings. The minimum atomic E-state index is -4.40. The summed E-state index contributed by atoms with van der Waals surface area (Å²) in [6.45, 7) is 2.12. The van der Waals surface area contributed by atoms with Crippen molar-refractivity contribution in [2.24, 2.45) is 11.7 Å². The minimum Gasteiger partial charge on any atom is -0.493 e. The smallest absolute Gasteiger partial charge is 0.419 e. The van der Waals surface area contributed by atoms with E-state index in [0.29, 0.717) is 24.5 Å². The third kappa shape index (κ3) is 4.40. The first kappa shape index (κ1) is 15.2. The zero-order valence-electron chi connectivity index (χ0n) is 11.5. The quantitative estimate of drug-likeness (QED) is 0.864. The summed E-state index contributed by atoms with van der Waals surface area (Å²) in [5.74, 6) is 0.563. The predicted octanol–water partition coefficient (Wildman–Crippen LogP) is 3.77. The molecule has 0 radical (unpaired) electrons. The number of alkyl halides is 3. The first-order chi connectivity index (χ1) is 9.36. The van der Waals surface area contributed by atoms with Crippen LogP contribution in [0.2, 0.25) is 0 Å². The number of halogens is 3. The van der Waals surface area contributed by atoms with Crippen molar-refractivity contribution in [1.29, 1.82) is 0 Å². The molecule has 0 bridgehead atoms. The highest BCUT2D eigenvalue weighted by atomic mass is 19.4. The van der Waals surface area contributed by atoms with Crippen molar-refractivity contribution in [1.82, 2.24) is 0 Å². The van der Waals surface area contributed by atoms with E-state index in [1.54, 1.807) is 13.0 Å². The largest absolute Gasteiger partial charge is 0.493 e. The molecule has 2 rings (SSSR count). The molecule has 1 aliphatic carbocycles.